The van der Waals surface area contributed by atoms with Crippen molar-refractivity contribution in [3.63, 3.8) is 0 Å². The molecule has 0 aromatic carbocycles. The van der Waals surface area contributed by atoms with Crippen molar-refractivity contribution >= 4 is 33.5 Å². The normalized spacial score (nSPS) is 10.9. The lowest BCUT2D eigenvalue weighted by Crippen LogP contribution is -2.05. The van der Waals surface area contributed by atoms with Crippen molar-refractivity contribution in [2.45, 2.75) is 33.4 Å². The minimum atomic E-state index is 0.0645. The summed E-state index contributed by atoms with van der Waals surface area (Å²) in [6, 6.07) is 3.62. The molecule has 0 bridgehead atoms. The van der Waals surface area contributed by atoms with Crippen LogP contribution in [-0.2, 0) is 6.54 Å². The summed E-state index contributed by atoms with van der Waals surface area (Å²) in [4.78, 5) is 8.65. The van der Waals surface area contributed by atoms with Crippen LogP contribution in [0.2, 0.25) is 0 Å². The summed E-state index contributed by atoms with van der Waals surface area (Å²) < 4.78 is 11.4. The smallest absolute Gasteiger partial charge is 0.225 e. The van der Waals surface area contributed by atoms with Crippen LogP contribution >= 0.6 is 15.9 Å². The first-order valence-corrected chi connectivity index (χ1v) is 8.46. The zero-order valence-corrected chi connectivity index (χ0v) is 15.6. The average molecular weight is 408 g/mol. The maximum Gasteiger partial charge on any atom is 0.225 e. The van der Waals surface area contributed by atoms with Gasteiger partial charge in [0.1, 0.15) is 0 Å². The van der Waals surface area contributed by atoms with Crippen molar-refractivity contribution in [2.75, 3.05) is 10.6 Å². The highest BCUT2D eigenvalue weighted by Crippen LogP contribution is 2.25. The summed E-state index contributed by atoms with van der Waals surface area (Å²) in [5.74, 6) is 2.91. The van der Waals surface area contributed by atoms with Gasteiger partial charge in [0.05, 0.1) is 22.8 Å². The first kappa shape index (κ1) is 17.2. The van der Waals surface area contributed by atoms with Crippen molar-refractivity contribution in [3.8, 4) is 5.88 Å². The highest BCUT2D eigenvalue weighted by molar-refractivity contribution is 9.10. The maximum absolute atomic E-state index is 5.54. The molecular weight excluding hydrogens is 390 g/mol. The Labute approximate surface area is 152 Å². The molecule has 0 fully saturated rings. The highest BCUT2D eigenvalue weighted by Gasteiger charge is 2.10. The monoisotopic (exact) mass is 407 g/mol. The van der Waals surface area contributed by atoms with Crippen LogP contribution in [0.3, 0.4) is 0 Å². The molecule has 3 rings (SSSR count). The Morgan fingerprint density at radius 3 is 2.92 bits per heavy atom. The van der Waals surface area contributed by atoms with E-state index in [-0.39, 0.29) is 6.10 Å². The molecule has 3 aromatic heterocycles. The fraction of sp³-hybridized carbons (Fsp3) is 0.333. The number of nitrogens with zero attached hydrogens (tertiary/aromatic N) is 4. The maximum atomic E-state index is 5.54. The predicted octanol–water partition coefficient (Wildman–Crippen LogP) is 3.40. The van der Waals surface area contributed by atoms with Crippen molar-refractivity contribution in [1.29, 1.82) is 0 Å². The van der Waals surface area contributed by atoms with E-state index in [2.05, 4.69) is 51.9 Å². The summed E-state index contributed by atoms with van der Waals surface area (Å²) in [5.41, 5.74) is 0.828. The zero-order chi connectivity index (χ0) is 17.8. The number of ether oxygens (including phenoxy) is 1. The van der Waals surface area contributed by atoms with Gasteiger partial charge in [-0.2, -0.15) is 10.1 Å². The molecule has 9 nitrogen and oxygen atoms in total. The van der Waals surface area contributed by atoms with E-state index in [9.17, 15) is 0 Å². The Balaban J connectivity index is 1.67. The van der Waals surface area contributed by atoms with E-state index >= 15 is 0 Å². The summed E-state index contributed by atoms with van der Waals surface area (Å²) >= 11 is 3.42. The van der Waals surface area contributed by atoms with E-state index < -0.39 is 0 Å². The van der Waals surface area contributed by atoms with E-state index in [0.717, 1.165) is 5.69 Å². The third-order valence-corrected chi connectivity index (χ3v) is 3.59. The fourth-order valence-electron chi connectivity index (χ4n) is 2.01. The minimum Gasteiger partial charge on any atom is -0.475 e. The number of halogens is 1. The summed E-state index contributed by atoms with van der Waals surface area (Å²) in [6.07, 6.45) is 1.72. The zero-order valence-electron chi connectivity index (χ0n) is 14.0. The lowest BCUT2D eigenvalue weighted by Gasteiger charge is -2.07. The van der Waals surface area contributed by atoms with Gasteiger partial charge < -0.3 is 19.9 Å². The molecule has 0 amide bonds. The molecule has 0 saturated carbocycles. The minimum absolute atomic E-state index is 0.0645. The average Bonchev–Trinajstić information content (AvgIpc) is 3.16. The number of aromatic amines is 1. The molecule has 0 saturated heterocycles. The second-order valence-corrected chi connectivity index (χ2v) is 6.44. The number of anilines is 3. The van der Waals surface area contributed by atoms with Gasteiger partial charge in [-0.3, -0.25) is 0 Å². The number of aryl methyl sites for hydroxylation is 1. The Morgan fingerprint density at radius 1 is 1.36 bits per heavy atom. The van der Waals surface area contributed by atoms with Crippen LogP contribution in [0.15, 0.2) is 27.3 Å². The Morgan fingerprint density at radius 2 is 2.20 bits per heavy atom. The van der Waals surface area contributed by atoms with E-state index in [1.807, 2.05) is 26.8 Å². The van der Waals surface area contributed by atoms with Crippen molar-refractivity contribution in [1.82, 2.24) is 25.3 Å². The van der Waals surface area contributed by atoms with Gasteiger partial charge in [0.25, 0.3) is 0 Å². The quantitative estimate of drug-likeness (QED) is 0.545. The van der Waals surface area contributed by atoms with Crippen molar-refractivity contribution in [2.24, 2.45) is 0 Å². The third kappa shape index (κ3) is 4.69. The van der Waals surface area contributed by atoms with Crippen LogP contribution < -0.4 is 15.4 Å². The van der Waals surface area contributed by atoms with Crippen LogP contribution in [0.4, 0.5) is 17.6 Å². The molecular formula is C15H18BrN7O2. The Kier molecular flexibility index (Phi) is 5.17. The number of H-pyrrole nitrogens is 1. The van der Waals surface area contributed by atoms with E-state index in [1.165, 1.54) is 0 Å². The highest BCUT2D eigenvalue weighted by atomic mass is 79.9. The predicted molar refractivity (Wildman–Crippen MR) is 95.9 cm³/mol. The first-order chi connectivity index (χ1) is 12.0. The van der Waals surface area contributed by atoms with Gasteiger partial charge in [0.15, 0.2) is 17.4 Å². The van der Waals surface area contributed by atoms with Crippen molar-refractivity contribution in [3.05, 3.63) is 34.3 Å². The molecule has 3 aromatic rings. The topological polar surface area (TPSA) is 114 Å². The molecule has 0 aliphatic carbocycles. The van der Waals surface area contributed by atoms with Gasteiger partial charge in [-0.25, -0.2) is 10.1 Å². The molecule has 0 atom stereocenters. The molecule has 10 heteroatoms. The van der Waals surface area contributed by atoms with E-state index in [0.29, 0.717) is 40.2 Å². The molecule has 0 aliphatic rings. The van der Waals surface area contributed by atoms with Gasteiger partial charge >= 0.3 is 0 Å². The number of rotatable bonds is 7. The van der Waals surface area contributed by atoms with Crippen LogP contribution in [0.1, 0.15) is 25.3 Å². The number of hydrogen-bond donors (Lipinski definition) is 3. The molecule has 3 heterocycles. The van der Waals surface area contributed by atoms with Crippen LogP contribution in [0, 0.1) is 6.92 Å². The lowest BCUT2D eigenvalue weighted by atomic mass is 10.4. The summed E-state index contributed by atoms with van der Waals surface area (Å²) in [6.45, 7) is 6.20. The molecule has 0 unspecified atom stereocenters. The summed E-state index contributed by atoms with van der Waals surface area (Å²) in [5, 5.41) is 17.0. The van der Waals surface area contributed by atoms with E-state index in [4.69, 9.17) is 9.26 Å². The van der Waals surface area contributed by atoms with Gasteiger partial charge in [0.2, 0.25) is 11.8 Å². The molecule has 3 N–H and O–H groups in total. The Hall–Kier alpha value is -2.62. The van der Waals surface area contributed by atoms with E-state index in [1.54, 1.807) is 12.3 Å². The second-order valence-electron chi connectivity index (χ2n) is 5.59. The summed E-state index contributed by atoms with van der Waals surface area (Å²) in [7, 11) is 0. The fourth-order valence-corrected chi connectivity index (χ4v) is 2.30. The SMILES string of the molecule is Cc1cc(CNc2ncc(Br)c(Nc3cc(OC(C)C)[nH]n3)n2)on1. The van der Waals surface area contributed by atoms with Crippen LogP contribution in [-0.4, -0.2) is 31.4 Å². The standard InChI is InChI=1S/C15H18BrN7O2/c1-8(2)24-13-5-12(21-22-13)19-14-11(16)7-18-15(20-14)17-6-10-4-9(3)23-25-10/h4-5,7-8H,6H2,1-3H3,(H3,17,18,19,20,21,22). The molecule has 0 aliphatic heterocycles. The van der Waals surface area contributed by atoms with Crippen LogP contribution in [0.5, 0.6) is 5.88 Å². The second kappa shape index (κ2) is 7.51. The number of aromatic nitrogens is 5. The first-order valence-electron chi connectivity index (χ1n) is 7.67. The molecule has 0 radical (unpaired) electrons. The third-order valence-electron chi connectivity index (χ3n) is 3.01. The molecule has 132 valence electrons. The molecule has 25 heavy (non-hydrogen) atoms. The van der Waals surface area contributed by atoms with Gasteiger partial charge in [-0.05, 0) is 36.7 Å². The van der Waals surface area contributed by atoms with Crippen LogP contribution in [0.25, 0.3) is 0 Å². The van der Waals surface area contributed by atoms with Crippen molar-refractivity contribution < 1.29 is 9.26 Å². The van der Waals surface area contributed by atoms with Gasteiger partial charge in [-0.15, -0.1) is 0 Å². The van der Waals surface area contributed by atoms with Gasteiger partial charge in [0, 0.05) is 18.3 Å². The number of nitrogens with one attached hydrogen (secondary N) is 3. The Bertz CT molecular complexity index is 846. The molecule has 0 spiro atoms. The lowest BCUT2D eigenvalue weighted by molar-refractivity contribution is 0.232. The largest absolute Gasteiger partial charge is 0.475 e. The van der Waals surface area contributed by atoms with Gasteiger partial charge in [-0.1, -0.05) is 5.16 Å². The number of hydrogen-bond acceptors (Lipinski definition) is 8.